The molecule has 58 heavy (non-hydrogen) atoms. The van der Waals surface area contributed by atoms with Crippen LogP contribution in [0.2, 0.25) is 0 Å². The Labute approximate surface area is 337 Å². The maximum atomic E-state index is 13.5. The molecule has 0 unspecified atom stereocenters. The quantitative estimate of drug-likeness (QED) is 0.0314. The first-order valence-corrected chi connectivity index (χ1v) is 19.1. The van der Waals surface area contributed by atoms with Crippen LogP contribution >= 0.6 is 0 Å². The predicted octanol–water partition coefficient (Wildman–Crippen LogP) is -5.02. The molecule has 0 aliphatic rings. The molecule has 0 aromatic heterocycles. The summed E-state index contributed by atoms with van der Waals surface area (Å²) < 4.78 is 0. The Morgan fingerprint density at radius 2 is 0.983 bits per heavy atom. The third-order valence-electron chi connectivity index (χ3n) is 8.60. The number of aliphatic carboxylic acids is 2. The molecule has 0 heterocycles. The highest BCUT2D eigenvalue weighted by Crippen LogP contribution is 2.08. The van der Waals surface area contributed by atoms with Gasteiger partial charge in [-0.2, -0.15) is 0 Å². The number of hydrogen-bond donors (Lipinski definition) is 14. The number of hydrogen-bond acceptors (Lipinski definition) is 14. The van der Waals surface area contributed by atoms with Gasteiger partial charge in [0.1, 0.15) is 42.3 Å². The van der Waals surface area contributed by atoms with Crippen LogP contribution in [0.3, 0.4) is 0 Å². The number of nitrogens with two attached hydrogens (primary N) is 3. The Bertz CT molecular complexity index is 1400. The lowest BCUT2D eigenvalue weighted by Crippen LogP contribution is -2.60. The molecule has 0 fully saturated rings. The predicted molar refractivity (Wildman–Crippen MR) is 207 cm³/mol. The third kappa shape index (κ3) is 20.5. The summed E-state index contributed by atoms with van der Waals surface area (Å²) in [6, 6.07) is -11.3. The van der Waals surface area contributed by atoms with Gasteiger partial charge in [0, 0.05) is 0 Å². The van der Waals surface area contributed by atoms with Gasteiger partial charge in [-0.05, 0) is 78.3 Å². The number of aliphatic hydroxyl groups is 2. The van der Waals surface area contributed by atoms with Gasteiger partial charge in [0.2, 0.25) is 41.4 Å². The molecule has 0 spiro atoms. The van der Waals surface area contributed by atoms with Gasteiger partial charge in [0.05, 0.1) is 25.2 Å². The molecule has 0 aromatic carbocycles. The fourth-order valence-electron chi connectivity index (χ4n) is 5.23. The van der Waals surface area contributed by atoms with E-state index < -0.39 is 121 Å². The first-order valence-electron chi connectivity index (χ1n) is 19.1. The van der Waals surface area contributed by atoms with Crippen LogP contribution < -0.4 is 54.4 Å². The monoisotopic (exact) mass is 832 g/mol. The van der Waals surface area contributed by atoms with Crippen LogP contribution in [0.25, 0.3) is 0 Å². The van der Waals surface area contributed by atoms with Gasteiger partial charge in [-0.25, -0.2) is 4.79 Å². The zero-order valence-electron chi connectivity index (χ0n) is 33.7. The molecule has 0 bridgehead atoms. The minimum absolute atomic E-state index is 0.0373. The van der Waals surface area contributed by atoms with E-state index in [0.717, 1.165) is 0 Å². The summed E-state index contributed by atoms with van der Waals surface area (Å²) in [5.41, 5.74) is 16.9. The average molecular weight is 833 g/mol. The van der Waals surface area contributed by atoms with E-state index in [1.807, 2.05) is 0 Å². The highest BCUT2D eigenvalue weighted by atomic mass is 16.4. The van der Waals surface area contributed by atoms with Crippen molar-refractivity contribution in [3.63, 3.8) is 0 Å². The Balaban J connectivity index is 5.90. The van der Waals surface area contributed by atoms with Crippen LogP contribution in [0.5, 0.6) is 0 Å². The molecule has 0 aromatic rings. The molecule has 23 heteroatoms. The van der Waals surface area contributed by atoms with Crippen LogP contribution in [-0.2, 0) is 43.2 Å². The number of carboxylic acid groups (broad SMARTS) is 2. The maximum Gasteiger partial charge on any atom is 0.328 e. The van der Waals surface area contributed by atoms with E-state index in [4.69, 9.17) is 22.3 Å². The van der Waals surface area contributed by atoms with E-state index in [2.05, 4.69) is 37.2 Å². The van der Waals surface area contributed by atoms with Gasteiger partial charge in [-0.3, -0.25) is 38.4 Å². The standard InChI is InChI=1S/C35H64N10O13/c1-17(2)14-23(33(55)44-25(16-46)35(57)58)42-29(51)18(3)39-32(54)24(15-26(48)49)43-31(53)22(11-7-9-13-37)41-28(50)19(4)40-34(56)27(20(5)47)45-30(52)21(38)10-6-8-12-36/h17-25,27,46-47H,6-16,36-38H2,1-5H3,(H,39,54)(H,40,56)(H,41,50)(H,42,51)(H,43,53)(H,44,55)(H,45,52)(H,48,49)(H,57,58)/t18-,19-,20+,21-,22-,23-,24-,25-,27-/m0/s1. The topological polar surface area (TPSA) is 397 Å². The van der Waals surface area contributed by atoms with Crippen molar-refractivity contribution in [1.29, 1.82) is 0 Å². The third-order valence-corrected chi connectivity index (χ3v) is 8.60. The molecule has 0 aliphatic heterocycles. The summed E-state index contributed by atoms with van der Waals surface area (Å²) in [6.07, 6.45) is -0.204. The van der Waals surface area contributed by atoms with E-state index in [1.54, 1.807) is 13.8 Å². The highest BCUT2D eigenvalue weighted by molar-refractivity contribution is 5.98. The second-order valence-corrected chi connectivity index (χ2v) is 14.4. The molecular formula is C35H64N10O13. The molecule has 23 nitrogen and oxygen atoms in total. The molecule has 7 amide bonds. The zero-order valence-corrected chi connectivity index (χ0v) is 33.7. The molecule has 17 N–H and O–H groups in total. The van der Waals surface area contributed by atoms with Crippen molar-refractivity contribution in [1.82, 2.24) is 37.2 Å². The van der Waals surface area contributed by atoms with Crippen molar-refractivity contribution in [3.8, 4) is 0 Å². The molecule has 0 aliphatic carbocycles. The van der Waals surface area contributed by atoms with Crippen LogP contribution in [-0.4, -0.2) is 148 Å². The number of aliphatic hydroxyl groups excluding tert-OH is 2. The number of nitrogens with one attached hydrogen (secondary N) is 7. The second kappa shape index (κ2) is 27.6. The average Bonchev–Trinajstić information content (AvgIpc) is 3.13. The van der Waals surface area contributed by atoms with E-state index in [9.17, 15) is 58.5 Å². The Morgan fingerprint density at radius 1 is 0.534 bits per heavy atom. The van der Waals surface area contributed by atoms with Gasteiger partial charge in [-0.1, -0.05) is 20.3 Å². The van der Waals surface area contributed by atoms with Crippen molar-refractivity contribution in [2.24, 2.45) is 23.1 Å². The van der Waals surface area contributed by atoms with Gasteiger partial charge in [0.25, 0.3) is 0 Å². The van der Waals surface area contributed by atoms with Crippen molar-refractivity contribution in [2.45, 2.75) is 140 Å². The van der Waals surface area contributed by atoms with Crippen LogP contribution in [0.1, 0.15) is 86.0 Å². The Hall–Kier alpha value is -4.97. The molecule has 0 rings (SSSR count). The van der Waals surface area contributed by atoms with E-state index >= 15 is 0 Å². The van der Waals surface area contributed by atoms with Crippen LogP contribution in [0.15, 0.2) is 0 Å². The van der Waals surface area contributed by atoms with E-state index in [1.165, 1.54) is 20.8 Å². The molecule has 0 radical (unpaired) electrons. The van der Waals surface area contributed by atoms with Crippen molar-refractivity contribution in [2.75, 3.05) is 19.7 Å². The molecule has 332 valence electrons. The van der Waals surface area contributed by atoms with Crippen molar-refractivity contribution in [3.05, 3.63) is 0 Å². The summed E-state index contributed by atoms with van der Waals surface area (Å²) in [4.78, 5) is 114. The fourth-order valence-corrected chi connectivity index (χ4v) is 5.23. The molecule has 9 atom stereocenters. The number of carbonyl (C=O) groups is 9. The zero-order chi connectivity index (χ0) is 44.7. The van der Waals surface area contributed by atoms with E-state index in [-0.39, 0.29) is 31.7 Å². The SMILES string of the molecule is CC(C)C[C@H](NC(=O)[C@H](C)NC(=O)[C@H](CC(=O)O)NC(=O)[C@H](CCCCN)NC(=O)[C@H](C)NC(=O)[C@@H](NC(=O)[C@@H](N)CCCCN)[C@@H](C)O)C(=O)N[C@@H](CO)C(=O)O. The lowest BCUT2D eigenvalue weighted by atomic mass is 10.0. The minimum Gasteiger partial charge on any atom is -0.481 e. The minimum atomic E-state index is -1.78. The van der Waals surface area contributed by atoms with Crippen LogP contribution in [0, 0.1) is 5.92 Å². The highest BCUT2D eigenvalue weighted by Gasteiger charge is 2.34. The lowest BCUT2D eigenvalue weighted by molar-refractivity contribution is -0.143. The summed E-state index contributed by atoms with van der Waals surface area (Å²) >= 11 is 0. The van der Waals surface area contributed by atoms with E-state index in [0.29, 0.717) is 32.2 Å². The summed E-state index contributed by atoms with van der Waals surface area (Å²) in [5.74, 6) is -9.71. The Morgan fingerprint density at radius 3 is 1.45 bits per heavy atom. The normalized spacial score (nSPS) is 15.8. The maximum absolute atomic E-state index is 13.5. The fraction of sp³-hybridized carbons (Fsp3) is 0.743. The number of carbonyl (C=O) groups excluding carboxylic acids is 7. The largest absolute Gasteiger partial charge is 0.481 e. The molecule has 0 saturated heterocycles. The van der Waals surface area contributed by atoms with Gasteiger partial charge in [-0.15, -0.1) is 0 Å². The van der Waals surface area contributed by atoms with Gasteiger partial charge < -0.3 is 74.8 Å². The number of unbranched alkanes of at least 4 members (excludes halogenated alkanes) is 2. The lowest BCUT2D eigenvalue weighted by Gasteiger charge is -2.27. The summed E-state index contributed by atoms with van der Waals surface area (Å²) in [7, 11) is 0. The Kier molecular flexibility index (Phi) is 25.3. The van der Waals surface area contributed by atoms with Gasteiger partial charge >= 0.3 is 11.9 Å². The van der Waals surface area contributed by atoms with Crippen molar-refractivity contribution < 1.29 is 63.6 Å². The van der Waals surface area contributed by atoms with Gasteiger partial charge in [0.15, 0.2) is 0 Å². The van der Waals surface area contributed by atoms with Crippen molar-refractivity contribution >= 4 is 53.3 Å². The van der Waals surface area contributed by atoms with Crippen LogP contribution in [0.4, 0.5) is 0 Å². The second-order valence-electron chi connectivity index (χ2n) is 14.4. The molecular weight excluding hydrogens is 768 g/mol. The molecule has 0 saturated carbocycles. The first-order chi connectivity index (χ1) is 27.1. The number of carboxylic acids is 2. The summed E-state index contributed by atoms with van der Waals surface area (Å²) in [5, 5.41) is 54.4. The smallest absolute Gasteiger partial charge is 0.328 e. The number of rotatable bonds is 29. The number of amides is 7. The first kappa shape index (κ1) is 53.0. The summed E-state index contributed by atoms with van der Waals surface area (Å²) in [6.45, 7) is 6.87.